The molecule has 0 heterocycles. The van der Waals surface area contributed by atoms with Crippen molar-refractivity contribution < 1.29 is 14.5 Å². The Balaban J connectivity index is 1.86. The number of carbonyl (C=O) groups excluding carboxylic acids is 2. The van der Waals surface area contributed by atoms with Gasteiger partial charge in [-0.05, 0) is 18.2 Å². The standard InChI is InChI=1S/C16H12Cl2N4O4/c17-11-4-5-13(14(18)7-11)16(24)19-9-15(23)21-20-8-10-2-1-3-12(6-10)22(25)26/h1-8H,9H2,(H,19,24)(H,21,23)/b20-8+. The molecular formula is C16H12Cl2N4O4. The van der Waals surface area contributed by atoms with E-state index in [2.05, 4.69) is 15.8 Å². The summed E-state index contributed by atoms with van der Waals surface area (Å²) in [5.74, 6) is -1.12. The van der Waals surface area contributed by atoms with E-state index >= 15 is 0 Å². The number of hydrazone groups is 1. The number of rotatable bonds is 6. The molecule has 0 unspecified atom stereocenters. The number of hydrogen-bond donors (Lipinski definition) is 2. The highest BCUT2D eigenvalue weighted by atomic mass is 35.5. The van der Waals surface area contributed by atoms with E-state index in [1.165, 1.54) is 42.6 Å². The van der Waals surface area contributed by atoms with Crippen LogP contribution in [-0.2, 0) is 4.79 Å². The molecule has 0 aliphatic heterocycles. The maximum Gasteiger partial charge on any atom is 0.270 e. The zero-order chi connectivity index (χ0) is 19.1. The Morgan fingerprint density at radius 1 is 1.19 bits per heavy atom. The van der Waals surface area contributed by atoms with Crippen LogP contribution in [-0.4, -0.2) is 29.5 Å². The lowest BCUT2D eigenvalue weighted by Gasteiger charge is -2.06. The lowest BCUT2D eigenvalue weighted by atomic mass is 10.2. The van der Waals surface area contributed by atoms with Crippen molar-refractivity contribution in [3.63, 3.8) is 0 Å². The molecular weight excluding hydrogens is 383 g/mol. The van der Waals surface area contributed by atoms with E-state index in [0.717, 1.165) is 0 Å². The van der Waals surface area contributed by atoms with E-state index in [1.54, 1.807) is 6.07 Å². The Bertz CT molecular complexity index is 886. The number of hydrogen-bond acceptors (Lipinski definition) is 5. The third-order valence-corrected chi connectivity index (χ3v) is 3.62. The summed E-state index contributed by atoms with van der Waals surface area (Å²) in [5.41, 5.74) is 2.74. The van der Waals surface area contributed by atoms with Crippen molar-refractivity contribution in [3.05, 3.63) is 73.8 Å². The van der Waals surface area contributed by atoms with Crippen molar-refractivity contribution in [2.75, 3.05) is 6.54 Å². The smallest absolute Gasteiger partial charge is 0.270 e. The Labute approximate surface area is 157 Å². The van der Waals surface area contributed by atoms with Gasteiger partial charge in [-0.15, -0.1) is 0 Å². The number of halogens is 2. The molecule has 2 N–H and O–H groups in total. The average molecular weight is 395 g/mol. The van der Waals surface area contributed by atoms with Crippen LogP contribution >= 0.6 is 23.2 Å². The Morgan fingerprint density at radius 3 is 2.65 bits per heavy atom. The largest absolute Gasteiger partial charge is 0.343 e. The highest BCUT2D eigenvalue weighted by molar-refractivity contribution is 6.36. The number of amides is 2. The van der Waals surface area contributed by atoms with Crippen LogP contribution in [0.4, 0.5) is 5.69 Å². The summed E-state index contributed by atoms with van der Waals surface area (Å²) in [6.45, 7) is -0.329. The highest BCUT2D eigenvalue weighted by Gasteiger charge is 2.11. The summed E-state index contributed by atoms with van der Waals surface area (Å²) >= 11 is 11.7. The molecule has 26 heavy (non-hydrogen) atoms. The fourth-order valence-electron chi connectivity index (χ4n) is 1.87. The molecule has 0 aliphatic carbocycles. The van der Waals surface area contributed by atoms with E-state index < -0.39 is 16.7 Å². The Morgan fingerprint density at radius 2 is 1.96 bits per heavy atom. The SMILES string of the molecule is O=C(CNC(=O)c1ccc(Cl)cc1Cl)N/N=C/c1cccc([N+](=O)[O-])c1. The lowest BCUT2D eigenvalue weighted by molar-refractivity contribution is -0.384. The Hall–Kier alpha value is -2.97. The van der Waals surface area contributed by atoms with Gasteiger partial charge >= 0.3 is 0 Å². The van der Waals surface area contributed by atoms with E-state index in [4.69, 9.17) is 23.2 Å². The van der Waals surface area contributed by atoms with Gasteiger partial charge in [0.1, 0.15) is 0 Å². The first-order valence-electron chi connectivity index (χ1n) is 7.16. The number of nitrogens with zero attached hydrogens (tertiary/aromatic N) is 2. The second kappa shape index (κ2) is 8.93. The van der Waals surface area contributed by atoms with Crippen LogP contribution in [0, 0.1) is 10.1 Å². The fraction of sp³-hybridized carbons (Fsp3) is 0.0625. The summed E-state index contributed by atoms with van der Waals surface area (Å²) in [7, 11) is 0. The molecule has 0 fully saturated rings. The number of nitro groups is 1. The molecule has 10 heteroatoms. The van der Waals surface area contributed by atoms with Gasteiger partial charge in [0.15, 0.2) is 0 Å². The van der Waals surface area contributed by atoms with E-state index in [1.807, 2.05) is 0 Å². The molecule has 2 amide bonds. The van der Waals surface area contributed by atoms with Crippen LogP contribution in [0.5, 0.6) is 0 Å². The normalized spacial score (nSPS) is 10.5. The van der Waals surface area contributed by atoms with Crippen molar-refractivity contribution in [1.29, 1.82) is 0 Å². The topological polar surface area (TPSA) is 114 Å². The summed E-state index contributed by atoms with van der Waals surface area (Å²) in [4.78, 5) is 33.8. The first-order valence-corrected chi connectivity index (χ1v) is 7.92. The van der Waals surface area contributed by atoms with Crippen LogP contribution in [0.2, 0.25) is 10.0 Å². The summed E-state index contributed by atoms with van der Waals surface area (Å²) in [5, 5.41) is 17.3. The van der Waals surface area contributed by atoms with Gasteiger partial charge in [-0.1, -0.05) is 35.3 Å². The molecule has 0 bridgehead atoms. The molecule has 0 radical (unpaired) electrons. The lowest BCUT2D eigenvalue weighted by Crippen LogP contribution is -2.35. The second-order valence-electron chi connectivity index (χ2n) is 4.95. The van der Waals surface area contributed by atoms with Gasteiger partial charge < -0.3 is 5.32 Å². The molecule has 2 aromatic carbocycles. The molecule has 2 aromatic rings. The predicted molar refractivity (Wildman–Crippen MR) is 97.6 cm³/mol. The van der Waals surface area contributed by atoms with Crippen molar-refractivity contribution >= 4 is 46.9 Å². The van der Waals surface area contributed by atoms with Crippen molar-refractivity contribution in [1.82, 2.24) is 10.7 Å². The number of carbonyl (C=O) groups is 2. The minimum Gasteiger partial charge on any atom is -0.343 e. The first-order chi connectivity index (χ1) is 12.4. The van der Waals surface area contributed by atoms with Crippen LogP contribution in [0.1, 0.15) is 15.9 Å². The zero-order valence-electron chi connectivity index (χ0n) is 13.1. The van der Waals surface area contributed by atoms with Crippen LogP contribution in [0.25, 0.3) is 0 Å². The van der Waals surface area contributed by atoms with E-state index in [0.29, 0.717) is 10.6 Å². The number of nitro benzene ring substituents is 1. The molecule has 134 valence electrons. The minimum absolute atomic E-state index is 0.0904. The molecule has 0 aliphatic rings. The van der Waals surface area contributed by atoms with Crippen molar-refractivity contribution in [3.8, 4) is 0 Å². The zero-order valence-corrected chi connectivity index (χ0v) is 14.6. The molecule has 0 spiro atoms. The van der Waals surface area contributed by atoms with Gasteiger partial charge in [0, 0.05) is 22.7 Å². The number of benzene rings is 2. The molecule has 0 saturated heterocycles. The number of non-ortho nitro benzene ring substituents is 1. The van der Waals surface area contributed by atoms with Crippen LogP contribution in [0.3, 0.4) is 0 Å². The van der Waals surface area contributed by atoms with Gasteiger partial charge in [0.05, 0.1) is 28.3 Å². The quantitative estimate of drug-likeness (QED) is 0.445. The van der Waals surface area contributed by atoms with E-state index in [-0.39, 0.29) is 22.8 Å². The van der Waals surface area contributed by atoms with Crippen molar-refractivity contribution in [2.45, 2.75) is 0 Å². The minimum atomic E-state index is -0.579. The molecule has 8 nitrogen and oxygen atoms in total. The maximum absolute atomic E-state index is 12.0. The third-order valence-electron chi connectivity index (χ3n) is 3.07. The van der Waals surface area contributed by atoms with Gasteiger partial charge in [-0.3, -0.25) is 19.7 Å². The maximum atomic E-state index is 12.0. The van der Waals surface area contributed by atoms with Gasteiger partial charge in [0.25, 0.3) is 17.5 Å². The molecule has 2 rings (SSSR count). The highest BCUT2D eigenvalue weighted by Crippen LogP contribution is 2.20. The summed E-state index contributed by atoms with van der Waals surface area (Å²) in [6.07, 6.45) is 1.25. The van der Waals surface area contributed by atoms with Gasteiger partial charge in [-0.2, -0.15) is 5.10 Å². The Kier molecular flexibility index (Phi) is 6.65. The molecule has 0 atom stereocenters. The second-order valence-corrected chi connectivity index (χ2v) is 5.80. The molecule has 0 saturated carbocycles. The van der Waals surface area contributed by atoms with Crippen LogP contribution < -0.4 is 10.7 Å². The average Bonchev–Trinajstić information content (AvgIpc) is 2.60. The number of nitrogens with one attached hydrogen (secondary N) is 2. The molecule has 0 aromatic heterocycles. The third kappa shape index (κ3) is 5.54. The summed E-state index contributed by atoms with van der Waals surface area (Å²) in [6, 6.07) is 10.1. The fourth-order valence-corrected chi connectivity index (χ4v) is 2.36. The van der Waals surface area contributed by atoms with Gasteiger partial charge in [-0.25, -0.2) is 5.43 Å². The monoisotopic (exact) mass is 394 g/mol. The van der Waals surface area contributed by atoms with Crippen LogP contribution in [0.15, 0.2) is 47.6 Å². The van der Waals surface area contributed by atoms with Crippen molar-refractivity contribution in [2.24, 2.45) is 5.10 Å². The van der Waals surface area contributed by atoms with Gasteiger partial charge in [0.2, 0.25) is 0 Å². The summed E-state index contributed by atoms with van der Waals surface area (Å²) < 4.78 is 0. The van der Waals surface area contributed by atoms with E-state index in [9.17, 15) is 19.7 Å². The predicted octanol–water partition coefficient (Wildman–Crippen LogP) is 2.78. The first kappa shape index (κ1) is 19.4.